The fraction of sp³-hybridized carbons (Fsp3) is 0.176. The van der Waals surface area contributed by atoms with E-state index in [2.05, 4.69) is 10.6 Å². The molecule has 1 atom stereocenters. The Morgan fingerprint density at radius 3 is 2.64 bits per heavy atom. The van der Waals surface area contributed by atoms with Gasteiger partial charge in [-0.1, -0.05) is 6.07 Å². The third-order valence-corrected chi connectivity index (χ3v) is 5.64. The molecule has 6 nitrogen and oxygen atoms in total. The highest BCUT2D eigenvalue weighted by Gasteiger charge is 2.17. The Kier molecular flexibility index (Phi) is 5.64. The molecule has 3 heterocycles. The summed E-state index contributed by atoms with van der Waals surface area (Å²) in [5.41, 5.74) is 0. The van der Waals surface area contributed by atoms with Crippen LogP contribution in [0.5, 0.6) is 0 Å². The Hall–Kier alpha value is -2.42. The van der Waals surface area contributed by atoms with Crippen LogP contribution in [0.15, 0.2) is 52.5 Å². The van der Waals surface area contributed by atoms with Crippen LogP contribution in [0.1, 0.15) is 16.7 Å². The number of aliphatic hydroxyl groups excluding tert-OH is 1. The summed E-state index contributed by atoms with van der Waals surface area (Å²) in [6, 6.07) is 11.1. The van der Waals surface area contributed by atoms with Crippen molar-refractivity contribution in [3.8, 4) is 9.75 Å². The Bertz CT molecular complexity index is 825. The molecule has 0 saturated carbocycles. The molecule has 3 aromatic rings. The van der Waals surface area contributed by atoms with Crippen LogP contribution in [0.4, 0.5) is 0 Å². The Morgan fingerprint density at radius 1 is 1.08 bits per heavy atom. The predicted octanol–water partition coefficient (Wildman–Crippen LogP) is 2.54. The number of rotatable bonds is 6. The van der Waals surface area contributed by atoms with E-state index in [0.29, 0.717) is 5.76 Å². The van der Waals surface area contributed by atoms with Gasteiger partial charge in [-0.3, -0.25) is 9.59 Å². The quantitative estimate of drug-likeness (QED) is 0.577. The zero-order chi connectivity index (χ0) is 17.6. The van der Waals surface area contributed by atoms with Crippen molar-refractivity contribution in [3.63, 3.8) is 0 Å². The first kappa shape index (κ1) is 17.4. The second-order valence-corrected chi connectivity index (χ2v) is 7.23. The molecule has 0 fully saturated rings. The first-order valence-electron chi connectivity index (χ1n) is 7.53. The number of nitrogens with one attached hydrogen (secondary N) is 2. The van der Waals surface area contributed by atoms with Gasteiger partial charge in [0.25, 0.3) is 0 Å². The van der Waals surface area contributed by atoms with Crippen LogP contribution in [0, 0.1) is 0 Å². The average molecular weight is 376 g/mol. The second-order valence-electron chi connectivity index (χ2n) is 5.17. The fourth-order valence-electron chi connectivity index (χ4n) is 2.11. The van der Waals surface area contributed by atoms with Crippen LogP contribution >= 0.6 is 22.7 Å². The third-order valence-electron chi connectivity index (χ3n) is 3.38. The summed E-state index contributed by atoms with van der Waals surface area (Å²) >= 11 is 3.09. The van der Waals surface area contributed by atoms with Crippen molar-refractivity contribution >= 4 is 34.5 Å². The van der Waals surface area contributed by atoms with Crippen LogP contribution in [-0.4, -0.2) is 23.5 Å². The highest BCUT2D eigenvalue weighted by molar-refractivity contribution is 7.21. The summed E-state index contributed by atoms with van der Waals surface area (Å²) in [5, 5.41) is 17.1. The molecule has 0 radical (unpaired) electrons. The van der Waals surface area contributed by atoms with Crippen LogP contribution < -0.4 is 10.6 Å². The van der Waals surface area contributed by atoms with Gasteiger partial charge in [0.15, 0.2) is 0 Å². The molecular weight excluding hydrogens is 360 g/mol. The first-order chi connectivity index (χ1) is 12.1. The lowest BCUT2D eigenvalue weighted by Crippen LogP contribution is -2.41. The van der Waals surface area contributed by atoms with Gasteiger partial charge in [0, 0.05) is 21.2 Å². The number of aliphatic hydroxyl groups is 1. The van der Waals surface area contributed by atoms with Gasteiger partial charge in [-0.05, 0) is 35.7 Å². The highest BCUT2D eigenvalue weighted by Crippen LogP contribution is 2.33. The summed E-state index contributed by atoms with van der Waals surface area (Å²) in [6.45, 7) is 0.105. The van der Waals surface area contributed by atoms with E-state index in [9.17, 15) is 14.7 Å². The van der Waals surface area contributed by atoms with Crippen molar-refractivity contribution < 1.29 is 19.1 Å². The summed E-state index contributed by atoms with van der Waals surface area (Å²) < 4.78 is 5.07. The average Bonchev–Trinajstić information content (AvgIpc) is 3.37. The van der Waals surface area contributed by atoms with E-state index in [-0.39, 0.29) is 13.1 Å². The second kappa shape index (κ2) is 8.11. The van der Waals surface area contributed by atoms with Gasteiger partial charge < -0.3 is 20.2 Å². The van der Waals surface area contributed by atoms with E-state index in [1.807, 2.05) is 29.6 Å². The minimum absolute atomic E-state index is 0.0304. The molecule has 0 aliphatic heterocycles. The van der Waals surface area contributed by atoms with E-state index >= 15 is 0 Å². The van der Waals surface area contributed by atoms with Gasteiger partial charge in [-0.25, -0.2) is 0 Å². The number of amides is 2. The molecule has 2 amide bonds. The smallest absolute Gasteiger partial charge is 0.309 e. The minimum Gasteiger partial charge on any atom is -0.467 e. The molecule has 130 valence electrons. The molecule has 8 heteroatoms. The topological polar surface area (TPSA) is 91.6 Å². The Balaban J connectivity index is 1.47. The molecule has 3 N–H and O–H groups in total. The Labute approximate surface area is 152 Å². The summed E-state index contributed by atoms with van der Waals surface area (Å²) in [4.78, 5) is 26.4. The number of thiophene rings is 2. The maximum absolute atomic E-state index is 11.8. The third kappa shape index (κ3) is 4.56. The highest BCUT2D eigenvalue weighted by atomic mass is 32.1. The van der Waals surface area contributed by atoms with E-state index in [1.165, 1.54) is 17.6 Å². The molecule has 0 aliphatic carbocycles. The lowest BCUT2D eigenvalue weighted by atomic mass is 10.3. The number of hydrogen-bond acceptors (Lipinski definition) is 6. The zero-order valence-electron chi connectivity index (χ0n) is 13.1. The van der Waals surface area contributed by atoms with E-state index in [4.69, 9.17) is 4.42 Å². The van der Waals surface area contributed by atoms with Crippen LogP contribution in [-0.2, 0) is 16.1 Å². The van der Waals surface area contributed by atoms with Crippen LogP contribution in [0.3, 0.4) is 0 Å². The lowest BCUT2D eigenvalue weighted by Gasteiger charge is -2.10. The van der Waals surface area contributed by atoms with Crippen LogP contribution in [0.2, 0.25) is 0 Å². The van der Waals surface area contributed by atoms with Crippen molar-refractivity contribution in [2.24, 2.45) is 0 Å². The largest absolute Gasteiger partial charge is 0.467 e. The lowest BCUT2D eigenvalue weighted by molar-refractivity contribution is -0.139. The number of furan rings is 1. The summed E-state index contributed by atoms with van der Waals surface area (Å²) in [6.07, 6.45) is 0.629. The minimum atomic E-state index is -0.861. The molecular formula is C17H16N2O4S2. The van der Waals surface area contributed by atoms with Gasteiger partial charge >= 0.3 is 11.8 Å². The summed E-state index contributed by atoms with van der Waals surface area (Å²) in [7, 11) is 0. The van der Waals surface area contributed by atoms with Gasteiger partial charge in [-0.15, -0.1) is 22.7 Å². The van der Waals surface area contributed by atoms with Crippen molar-refractivity contribution in [2.45, 2.75) is 12.6 Å². The molecule has 25 heavy (non-hydrogen) atoms. The molecule has 0 saturated heterocycles. The van der Waals surface area contributed by atoms with E-state index in [1.54, 1.807) is 23.5 Å². The molecule has 0 aliphatic rings. The van der Waals surface area contributed by atoms with Crippen molar-refractivity contribution in [1.29, 1.82) is 0 Å². The SMILES string of the molecule is O=C(NCc1ccco1)C(=O)NCC(O)c1ccc(-c2cccs2)s1. The molecule has 0 aromatic carbocycles. The fourth-order valence-corrected chi connectivity index (χ4v) is 3.94. The Morgan fingerprint density at radius 2 is 1.92 bits per heavy atom. The normalized spacial score (nSPS) is 11.9. The van der Waals surface area contributed by atoms with Crippen molar-refractivity contribution in [3.05, 3.63) is 58.7 Å². The van der Waals surface area contributed by atoms with Gasteiger partial charge in [0.05, 0.1) is 12.8 Å². The molecule has 0 spiro atoms. The predicted molar refractivity (Wildman–Crippen MR) is 96.2 cm³/mol. The molecule has 1 unspecified atom stereocenters. The van der Waals surface area contributed by atoms with E-state index < -0.39 is 17.9 Å². The van der Waals surface area contributed by atoms with Crippen molar-refractivity contribution in [1.82, 2.24) is 10.6 Å². The standard InChI is InChI=1S/C17H16N2O4S2/c20-12(13-5-6-15(25-13)14-4-2-8-24-14)10-19-17(22)16(21)18-9-11-3-1-7-23-11/h1-8,12,20H,9-10H2,(H,18,21)(H,19,22). The van der Waals surface area contributed by atoms with Crippen LogP contribution in [0.25, 0.3) is 9.75 Å². The molecule has 3 rings (SSSR count). The van der Waals surface area contributed by atoms with E-state index in [0.717, 1.165) is 14.6 Å². The van der Waals surface area contributed by atoms with Crippen molar-refractivity contribution in [2.75, 3.05) is 6.54 Å². The number of carbonyl (C=O) groups excluding carboxylic acids is 2. The van der Waals surface area contributed by atoms with Gasteiger partial charge in [-0.2, -0.15) is 0 Å². The summed E-state index contributed by atoms with van der Waals surface area (Å²) in [5.74, 6) is -1.00. The molecule has 0 bridgehead atoms. The first-order valence-corrected chi connectivity index (χ1v) is 9.23. The molecule has 3 aromatic heterocycles. The van der Waals surface area contributed by atoms with Gasteiger partial charge in [0.2, 0.25) is 0 Å². The zero-order valence-corrected chi connectivity index (χ0v) is 14.7. The number of hydrogen-bond donors (Lipinski definition) is 3. The maximum Gasteiger partial charge on any atom is 0.309 e. The maximum atomic E-state index is 11.8. The number of carbonyl (C=O) groups is 2. The van der Waals surface area contributed by atoms with Gasteiger partial charge in [0.1, 0.15) is 11.9 Å². The monoisotopic (exact) mass is 376 g/mol.